The molecule has 0 aliphatic rings. The van der Waals surface area contributed by atoms with Gasteiger partial charge in [0.2, 0.25) is 0 Å². The highest BCUT2D eigenvalue weighted by atomic mass is 16.5. The largest absolute Gasteiger partial charge is 0.494 e. The van der Waals surface area contributed by atoms with Crippen LogP contribution in [0.15, 0.2) is 71.3 Å². The van der Waals surface area contributed by atoms with E-state index in [9.17, 15) is 4.79 Å². The zero-order valence-corrected chi connectivity index (χ0v) is 16.6. The van der Waals surface area contributed by atoms with Crippen molar-refractivity contribution in [3.63, 3.8) is 0 Å². The quantitative estimate of drug-likeness (QED) is 0.434. The first kappa shape index (κ1) is 20.1. The van der Waals surface area contributed by atoms with Crippen LogP contribution in [0.4, 0.5) is 0 Å². The summed E-state index contributed by atoms with van der Waals surface area (Å²) in [6.07, 6.45) is 4.55. The summed E-state index contributed by atoms with van der Waals surface area (Å²) in [6.45, 7) is 4.67. The lowest BCUT2D eigenvalue weighted by Gasteiger charge is -2.04. The minimum Gasteiger partial charge on any atom is -0.494 e. The summed E-state index contributed by atoms with van der Waals surface area (Å²) in [5.74, 6) is 0.466. The lowest BCUT2D eigenvalue weighted by molar-refractivity contribution is 0.0950. The van der Waals surface area contributed by atoms with Gasteiger partial charge in [0.1, 0.15) is 11.4 Å². The van der Waals surface area contributed by atoms with E-state index >= 15 is 0 Å². The fraction of sp³-hybridized carbons (Fsp3) is 0.174. The van der Waals surface area contributed by atoms with Crippen LogP contribution in [0.5, 0.6) is 5.75 Å². The molecule has 0 aliphatic heterocycles. The lowest BCUT2D eigenvalue weighted by atomic mass is 10.1. The molecule has 0 saturated heterocycles. The Balaban J connectivity index is 1.58. The maximum absolute atomic E-state index is 12.3. The van der Waals surface area contributed by atoms with Gasteiger partial charge >= 0.3 is 0 Å². The third kappa shape index (κ3) is 5.90. The number of aromatic amines is 1. The fourth-order valence-corrected chi connectivity index (χ4v) is 2.63. The van der Waals surface area contributed by atoms with Crippen LogP contribution in [-0.4, -0.2) is 28.9 Å². The Morgan fingerprint density at radius 1 is 1.17 bits per heavy atom. The van der Waals surface area contributed by atoms with Crippen molar-refractivity contribution in [2.24, 2.45) is 5.10 Å². The van der Waals surface area contributed by atoms with E-state index in [0.717, 1.165) is 28.9 Å². The zero-order chi connectivity index (χ0) is 20.5. The topological polar surface area (TPSA) is 79.4 Å². The van der Waals surface area contributed by atoms with Crippen LogP contribution in [0.3, 0.4) is 0 Å². The molecule has 1 heterocycles. The molecule has 6 heteroatoms. The van der Waals surface area contributed by atoms with Crippen LogP contribution in [-0.2, 0) is 0 Å². The third-order valence-electron chi connectivity index (χ3n) is 4.07. The van der Waals surface area contributed by atoms with Crippen LogP contribution >= 0.6 is 0 Å². The molecule has 6 nitrogen and oxygen atoms in total. The van der Waals surface area contributed by atoms with Gasteiger partial charge in [0.15, 0.2) is 0 Å². The van der Waals surface area contributed by atoms with Crippen LogP contribution in [0.1, 0.15) is 36.3 Å². The minimum absolute atomic E-state index is 0.341. The number of ether oxygens (including phenoxy) is 1. The number of aromatic nitrogens is 2. The van der Waals surface area contributed by atoms with E-state index in [2.05, 4.69) is 27.6 Å². The summed E-state index contributed by atoms with van der Waals surface area (Å²) in [5, 5.41) is 11.0. The number of nitrogens with one attached hydrogen (secondary N) is 2. The Labute approximate surface area is 170 Å². The lowest BCUT2D eigenvalue weighted by Crippen LogP contribution is -2.17. The molecule has 29 heavy (non-hydrogen) atoms. The average Bonchev–Trinajstić information content (AvgIpc) is 3.24. The van der Waals surface area contributed by atoms with Gasteiger partial charge in [-0.25, -0.2) is 5.43 Å². The summed E-state index contributed by atoms with van der Waals surface area (Å²) in [7, 11) is 0. The second kappa shape index (κ2) is 10.0. The number of allylic oxidation sites excluding steroid dienone is 1. The second-order valence-electron chi connectivity index (χ2n) is 6.54. The van der Waals surface area contributed by atoms with Crippen molar-refractivity contribution in [2.75, 3.05) is 6.61 Å². The van der Waals surface area contributed by atoms with Crippen LogP contribution in [0.25, 0.3) is 17.3 Å². The van der Waals surface area contributed by atoms with Crippen molar-refractivity contribution in [2.45, 2.75) is 20.3 Å². The molecule has 148 valence electrons. The van der Waals surface area contributed by atoms with Crippen LogP contribution in [0.2, 0.25) is 0 Å². The zero-order valence-electron chi connectivity index (χ0n) is 16.6. The first-order chi connectivity index (χ1) is 14.2. The number of carbonyl (C=O) groups is 1. The van der Waals surface area contributed by atoms with Gasteiger partial charge in [-0.2, -0.15) is 10.2 Å². The van der Waals surface area contributed by atoms with E-state index in [-0.39, 0.29) is 5.91 Å². The van der Waals surface area contributed by atoms with Gasteiger partial charge in [0, 0.05) is 5.56 Å². The SMILES string of the molecule is CCCOc1ccc(-c2cc(C(=O)NN=CC(C)=Cc3ccccc3)[nH]n2)cc1. The van der Waals surface area contributed by atoms with Crippen molar-refractivity contribution >= 4 is 18.2 Å². The van der Waals surface area contributed by atoms with Gasteiger partial charge in [-0.3, -0.25) is 9.89 Å². The van der Waals surface area contributed by atoms with Gasteiger partial charge in [-0.1, -0.05) is 43.3 Å². The molecule has 0 unspecified atom stereocenters. The summed E-state index contributed by atoms with van der Waals surface area (Å²) in [6, 6.07) is 19.2. The molecule has 0 bridgehead atoms. The predicted octanol–water partition coefficient (Wildman–Crippen LogP) is 4.68. The fourth-order valence-electron chi connectivity index (χ4n) is 2.63. The van der Waals surface area contributed by atoms with Crippen LogP contribution < -0.4 is 10.2 Å². The number of benzene rings is 2. The molecule has 0 spiro atoms. The number of hydrogen-bond acceptors (Lipinski definition) is 4. The van der Waals surface area contributed by atoms with Gasteiger partial charge < -0.3 is 4.74 Å². The summed E-state index contributed by atoms with van der Waals surface area (Å²) < 4.78 is 5.58. The number of amides is 1. The monoisotopic (exact) mass is 388 g/mol. The molecule has 3 rings (SSSR count). The summed E-state index contributed by atoms with van der Waals surface area (Å²) >= 11 is 0. The average molecular weight is 388 g/mol. The Morgan fingerprint density at radius 3 is 2.66 bits per heavy atom. The second-order valence-corrected chi connectivity index (χ2v) is 6.54. The molecule has 1 amide bonds. The van der Waals surface area contributed by atoms with E-state index in [1.165, 1.54) is 0 Å². The van der Waals surface area contributed by atoms with Gasteiger partial charge in [-0.05, 0) is 54.8 Å². The van der Waals surface area contributed by atoms with Gasteiger partial charge in [-0.15, -0.1) is 0 Å². The van der Waals surface area contributed by atoms with Crippen molar-refractivity contribution in [1.29, 1.82) is 0 Å². The maximum atomic E-state index is 12.3. The highest BCUT2D eigenvalue weighted by molar-refractivity contribution is 5.94. The highest BCUT2D eigenvalue weighted by Crippen LogP contribution is 2.21. The minimum atomic E-state index is -0.351. The Bertz CT molecular complexity index is 989. The first-order valence-corrected chi connectivity index (χ1v) is 9.51. The molecule has 0 fully saturated rings. The first-order valence-electron chi connectivity index (χ1n) is 9.51. The molecule has 3 aromatic rings. The standard InChI is InChI=1S/C23H24N4O2/c1-3-13-29-20-11-9-19(10-12-20)21-15-22(26-25-21)23(28)27-24-16-17(2)14-18-7-5-4-6-8-18/h4-12,14-16H,3,13H2,1-2H3,(H,25,26)(H,27,28). The molecule has 2 N–H and O–H groups in total. The number of hydrazone groups is 1. The Hall–Kier alpha value is -3.67. The molecule has 0 radical (unpaired) electrons. The van der Waals surface area contributed by atoms with E-state index in [1.54, 1.807) is 12.3 Å². The smallest absolute Gasteiger partial charge is 0.289 e. The van der Waals surface area contributed by atoms with E-state index < -0.39 is 0 Å². The van der Waals surface area contributed by atoms with Crippen LogP contribution in [0, 0.1) is 0 Å². The predicted molar refractivity (Wildman–Crippen MR) is 116 cm³/mol. The molecule has 1 aromatic heterocycles. The van der Waals surface area contributed by atoms with Crippen molar-refractivity contribution < 1.29 is 9.53 Å². The summed E-state index contributed by atoms with van der Waals surface area (Å²) in [5.41, 5.74) is 6.43. The number of hydrogen-bond donors (Lipinski definition) is 2. The molecule has 0 aliphatic carbocycles. The van der Waals surface area contributed by atoms with Crippen molar-refractivity contribution in [1.82, 2.24) is 15.6 Å². The number of H-pyrrole nitrogens is 1. The highest BCUT2D eigenvalue weighted by Gasteiger charge is 2.10. The molecule has 0 atom stereocenters. The van der Waals surface area contributed by atoms with Gasteiger partial charge in [0.05, 0.1) is 18.5 Å². The number of carbonyl (C=O) groups excluding carboxylic acids is 1. The molecule has 2 aromatic carbocycles. The molecular weight excluding hydrogens is 364 g/mol. The molecular formula is C23H24N4O2. The number of nitrogens with zero attached hydrogens (tertiary/aromatic N) is 2. The molecule has 0 saturated carbocycles. The normalized spacial score (nSPS) is 11.6. The summed E-state index contributed by atoms with van der Waals surface area (Å²) in [4.78, 5) is 12.3. The van der Waals surface area contributed by atoms with E-state index in [1.807, 2.05) is 67.6 Å². The van der Waals surface area contributed by atoms with Crippen molar-refractivity contribution in [3.05, 3.63) is 77.5 Å². The Kier molecular flexibility index (Phi) is 6.95. The maximum Gasteiger partial charge on any atom is 0.289 e. The van der Waals surface area contributed by atoms with E-state index in [0.29, 0.717) is 18.0 Å². The van der Waals surface area contributed by atoms with Gasteiger partial charge in [0.25, 0.3) is 5.91 Å². The van der Waals surface area contributed by atoms with Crippen molar-refractivity contribution in [3.8, 4) is 17.0 Å². The van der Waals surface area contributed by atoms with E-state index in [4.69, 9.17) is 4.74 Å². The third-order valence-corrected chi connectivity index (χ3v) is 4.07. The Morgan fingerprint density at radius 2 is 1.93 bits per heavy atom. The number of rotatable bonds is 8.